The van der Waals surface area contributed by atoms with E-state index in [0.717, 1.165) is 10.8 Å². The molecule has 1 aliphatic heterocycles. The van der Waals surface area contributed by atoms with Crippen LogP contribution in [0.3, 0.4) is 0 Å². The van der Waals surface area contributed by atoms with E-state index in [4.69, 9.17) is 9.47 Å². The smallest absolute Gasteiger partial charge is 0.338 e. The summed E-state index contributed by atoms with van der Waals surface area (Å²) in [4.78, 5) is 26.1. The third-order valence-corrected chi connectivity index (χ3v) is 4.08. The van der Waals surface area contributed by atoms with Gasteiger partial charge in [-0.05, 0) is 36.8 Å². The lowest BCUT2D eigenvalue weighted by Gasteiger charge is -2.35. The van der Waals surface area contributed by atoms with Gasteiger partial charge in [-0.3, -0.25) is 4.79 Å². The van der Waals surface area contributed by atoms with Gasteiger partial charge in [-0.15, -0.1) is 0 Å². The van der Waals surface area contributed by atoms with Crippen molar-refractivity contribution in [2.75, 3.05) is 19.7 Å². The fourth-order valence-corrected chi connectivity index (χ4v) is 3.00. The topological polar surface area (TPSA) is 55.8 Å². The van der Waals surface area contributed by atoms with Crippen LogP contribution in [0, 0.1) is 0 Å². The Morgan fingerprint density at radius 3 is 2.46 bits per heavy atom. The first kappa shape index (κ1) is 16.5. The van der Waals surface area contributed by atoms with E-state index in [-0.39, 0.29) is 24.7 Å². The second kappa shape index (κ2) is 7.01. The highest BCUT2D eigenvalue weighted by Gasteiger charge is 2.26. The highest BCUT2D eigenvalue weighted by molar-refractivity contribution is 5.96. The van der Waals surface area contributed by atoms with E-state index >= 15 is 0 Å². The van der Waals surface area contributed by atoms with Crippen molar-refractivity contribution in [2.24, 2.45) is 0 Å². The molecule has 5 heteroatoms. The van der Waals surface area contributed by atoms with Crippen LogP contribution in [-0.2, 0) is 14.3 Å². The maximum Gasteiger partial charge on any atom is 0.338 e. The zero-order chi connectivity index (χ0) is 17.1. The lowest BCUT2D eigenvalue weighted by Crippen LogP contribution is -2.49. The second-order valence-electron chi connectivity index (χ2n) is 6.19. The van der Waals surface area contributed by atoms with Gasteiger partial charge < -0.3 is 14.4 Å². The molecule has 1 aliphatic rings. The monoisotopic (exact) mass is 327 g/mol. The SMILES string of the molecule is C[C@@H]1CN(C(=O)COC(=O)c2ccc3ccccc3c2)C[C@H](C)O1. The molecule has 1 fully saturated rings. The average Bonchev–Trinajstić information content (AvgIpc) is 2.58. The Hall–Kier alpha value is -2.40. The molecule has 126 valence electrons. The van der Waals surface area contributed by atoms with Gasteiger partial charge in [-0.1, -0.05) is 30.3 Å². The van der Waals surface area contributed by atoms with Gasteiger partial charge >= 0.3 is 5.97 Å². The predicted octanol–water partition coefficient (Wildman–Crippen LogP) is 2.63. The summed E-state index contributed by atoms with van der Waals surface area (Å²) in [6, 6.07) is 13.2. The number of hydrogen-bond donors (Lipinski definition) is 0. The van der Waals surface area contributed by atoms with Gasteiger partial charge in [-0.25, -0.2) is 4.79 Å². The average molecular weight is 327 g/mol. The lowest BCUT2D eigenvalue weighted by molar-refractivity contribution is -0.146. The number of morpholine rings is 1. The summed E-state index contributed by atoms with van der Waals surface area (Å²) in [6.07, 6.45) is -0.0113. The minimum absolute atomic E-state index is 0.00566. The lowest BCUT2D eigenvalue weighted by atomic mass is 10.1. The first-order valence-electron chi connectivity index (χ1n) is 8.12. The summed E-state index contributed by atoms with van der Waals surface area (Å²) < 4.78 is 10.8. The van der Waals surface area contributed by atoms with Crippen LogP contribution in [-0.4, -0.2) is 48.7 Å². The first-order valence-corrected chi connectivity index (χ1v) is 8.12. The number of rotatable bonds is 3. The highest BCUT2D eigenvalue weighted by atomic mass is 16.5. The molecule has 0 aromatic heterocycles. The van der Waals surface area contributed by atoms with Crippen molar-refractivity contribution in [1.29, 1.82) is 0 Å². The molecular weight excluding hydrogens is 306 g/mol. The molecule has 2 aromatic rings. The van der Waals surface area contributed by atoms with Crippen LogP contribution in [0.1, 0.15) is 24.2 Å². The molecule has 0 aliphatic carbocycles. The van der Waals surface area contributed by atoms with Crippen molar-refractivity contribution in [3.63, 3.8) is 0 Å². The van der Waals surface area contributed by atoms with Crippen molar-refractivity contribution in [3.05, 3.63) is 48.0 Å². The molecule has 0 radical (unpaired) electrons. The molecule has 0 N–H and O–H groups in total. The van der Waals surface area contributed by atoms with E-state index in [9.17, 15) is 9.59 Å². The third-order valence-electron chi connectivity index (χ3n) is 4.08. The summed E-state index contributed by atoms with van der Waals surface area (Å²) in [7, 11) is 0. The molecular formula is C19H21NO4. The molecule has 2 aromatic carbocycles. The Morgan fingerprint density at radius 2 is 1.75 bits per heavy atom. The summed E-state index contributed by atoms with van der Waals surface area (Å²) in [5, 5.41) is 2.02. The fraction of sp³-hybridized carbons (Fsp3) is 0.368. The van der Waals surface area contributed by atoms with E-state index in [0.29, 0.717) is 18.7 Å². The fourth-order valence-electron chi connectivity index (χ4n) is 3.00. The van der Waals surface area contributed by atoms with Crippen molar-refractivity contribution in [3.8, 4) is 0 Å². The van der Waals surface area contributed by atoms with E-state index < -0.39 is 5.97 Å². The summed E-state index contributed by atoms with van der Waals surface area (Å²) >= 11 is 0. The number of fused-ring (bicyclic) bond motifs is 1. The van der Waals surface area contributed by atoms with Crippen LogP contribution in [0.5, 0.6) is 0 Å². The summed E-state index contributed by atoms with van der Waals surface area (Å²) in [6.45, 7) is 4.66. The van der Waals surface area contributed by atoms with Crippen LogP contribution in [0.15, 0.2) is 42.5 Å². The Labute approximate surface area is 141 Å². The van der Waals surface area contributed by atoms with Crippen molar-refractivity contribution in [2.45, 2.75) is 26.1 Å². The zero-order valence-corrected chi connectivity index (χ0v) is 13.9. The minimum Gasteiger partial charge on any atom is -0.452 e. The molecule has 0 spiro atoms. The molecule has 1 heterocycles. The Balaban J connectivity index is 1.60. The maximum atomic E-state index is 12.2. The molecule has 0 saturated carbocycles. The van der Waals surface area contributed by atoms with Gasteiger partial charge in [0.1, 0.15) is 0 Å². The molecule has 5 nitrogen and oxygen atoms in total. The van der Waals surface area contributed by atoms with Crippen LogP contribution < -0.4 is 0 Å². The quantitative estimate of drug-likeness (QED) is 0.813. The van der Waals surface area contributed by atoms with Crippen LogP contribution in [0.4, 0.5) is 0 Å². The normalized spacial score (nSPS) is 20.8. The molecule has 24 heavy (non-hydrogen) atoms. The number of benzene rings is 2. The highest BCUT2D eigenvalue weighted by Crippen LogP contribution is 2.16. The molecule has 1 amide bonds. The van der Waals surface area contributed by atoms with Crippen molar-refractivity contribution >= 4 is 22.6 Å². The maximum absolute atomic E-state index is 12.2. The van der Waals surface area contributed by atoms with Crippen LogP contribution in [0.2, 0.25) is 0 Å². The number of esters is 1. The predicted molar refractivity (Wildman–Crippen MR) is 90.8 cm³/mol. The second-order valence-corrected chi connectivity index (χ2v) is 6.19. The van der Waals surface area contributed by atoms with Gasteiger partial charge in [-0.2, -0.15) is 0 Å². The number of nitrogens with zero attached hydrogens (tertiary/aromatic N) is 1. The molecule has 2 atom stereocenters. The number of ether oxygens (including phenoxy) is 2. The molecule has 1 saturated heterocycles. The van der Waals surface area contributed by atoms with E-state index in [1.807, 2.05) is 44.2 Å². The van der Waals surface area contributed by atoms with E-state index in [2.05, 4.69) is 0 Å². The third kappa shape index (κ3) is 3.74. The summed E-state index contributed by atoms with van der Waals surface area (Å²) in [5.74, 6) is -0.672. The van der Waals surface area contributed by atoms with E-state index in [1.54, 1.807) is 17.0 Å². The van der Waals surface area contributed by atoms with Crippen molar-refractivity contribution < 1.29 is 19.1 Å². The van der Waals surface area contributed by atoms with Gasteiger partial charge in [0.25, 0.3) is 5.91 Å². The first-order chi connectivity index (χ1) is 11.5. The largest absolute Gasteiger partial charge is 0.452 e. The number of amides is 1. The molecule has 0 unspecified atom stereocenters. The van der Waals surface area contributed by atoms with Gasteiger partial charge in [0.05, 0.1) is 17.8 Å². The Kier molecular flexibility index (Phi) is 4.81. The molecule has 0 bridgehead atoms. The number of carbonyl (C=O) groups excluding carboxylic acids is 2. The Bertz CT molecular complexity index is 748. The number of hydrogen-bond acceptors (Lipinski definition) is 4. The van der Waals surface area contributed by atoms with Gasteiger partial charge in [0.15, 0.2) is 6.61 Å². The van der Waals surface area contributed by atoms with Gasteiger partial charge in [0.2, 0.25) is 0 Å². The van der Waals surface area contributed by atoms with E-state index in [1.165, 1.54) is 0 Å². The van der Waals surface area contributed by atoms with Crippen LogP contribution in [0.25, 0.3) is 10.8 Å². The standard InChI is InChI=1S/C19H21NO4/c1-13-10-20(11-14(2)24-13)18(21)12-23-19(22)17-8-7-15-5-3-4-6-16(15)9-17/h3-9,13-14H,10-12H2,1-2H3/t13-,14+. The number of carbonyl (C=O) groups is 2. The summed E-state index contributed by atoms with van der Waals surface area (Å²) in [5.41, 5.74) is 0.449. The van der Waals surface area contributed by atoms with Gasteiger partial charge in [0, 0.05) is 13.1 Å². The van der Waals surface area contributed by atoms with Crippen LogP contribution >= 0.6 is 0 Å². The zero-order valence-electron chi connectivity index (χ0n) is 13.9. The van der Waals surface area contributed by atoms with Crippen molar-refractivity contribution in [1.82, 2.24) is 4.90 Å². The minimum atomic E-state index is -0.483. The Morgan fingerprint density at radius 1 is 1.08 bits per heavy atom. The molecule has 3 rings (SSSR count).